The van der Waals surface area contributed by atoms with Crippen molar-refractivity contribution in [3.63, 3.8) is 0 Å². The average Bonchev–Trinajstić information content (AvgIpc) is 2.34. The summed E-state index contributed by atoms with van der Waals surface area (Å²) >= 11 is 3.19. The number of carbonyl (C=O) groups is 1. The third-order valence-corrected chi connectivity index (χ3v) is 2.73. The number of aromatic nitrogens is 2. The maximum Gasteiger partial charge on any atom is 0.356 e. The number of rotatable bonds is 3. The molecular weight excluding hydrogens is 305 g/mol. The van der Waals surface area contributed by atoms with Gasteiger partial charge < -0.3 is 10.4 Å². The maximum atomic E-state index is 13.5. The molecule has 5 nitrogen and oxygen atoms in total. The Hall–Kier alpha value is -2.02. The molecule has 2 N–H and O–H groups in total. The van der Waals surface area contributed by atoms with Crippen LogP contribution in [0.15, 0.2) is 35.1 Å². The number of benzene rings is 1. The Morgan fingerprint density at radius 1 is 1.39 bits per heavy atom. The Kier molecular flexibility index (Phi) is 3.52. The molecule has 0 saturated carbocycles. The van der Waals surface area contributed by atoms with Crippen molar-refractivity contribution < 1.29 is 14.3 Å². The van der Waals surface area contributed by atoms with E-state index in [-0.39, 0.29) is 17.2 Å². The fourth-order valence-corrected chi connectivity index (χ4v) is 1.72. The van der Waals surface area contributed by atoms with Crippen LogP contribution in [0.1, 0.15) is 10.5 Å². The molecule has 0 saturated heterocycles. The second-order valence-corrected chi connectivity index (χ2v) is 4.17. The van der Waals surface area contributed by atoms with Crippen molar-refractivity contribution in [1.82, 2.24) is 9.97 Å². The molecule has 0 radical (unpaired) electrons. The first-order chi connectivity index (χ1) is 8.58. The van der Waals surface area contributed by atoms with Crippen LogP contribution in [0.3, 0.4) is 0 Å². The Bertz CT molecular complexity index is 586. The van der Waals surface area contributed by atoms with Crippen molar-refractivity contribution in [2.24, 2.45) is 0 Å². The number of carboxylic acid groups (broad SMARTS) is 1. The molecule has 7 heteroatoms. The van der Waals surface area contributed by atoms with Crippen LogP contribution in [0.5, 0.6) is 0 Å². The van der Waals surface area contributed by atoms with Crippen LogP contribution in [0, 0.1) is 5.82 Å². The van der Waals surface area contributed by atoms with Crippen molar-refractivity contribution in [2.45, 2.75) is 0 Å². The number of halogens is 2. The van der Waals surface area contributed by atoms with E-state index in [9.17, 15) is 9.18 Å². The maximum absolute atomic E-state index is 13.5. The molecule has 0 atom stereocenters. The van der Waals surface area contributed by atoms with Crippen molar-refractivity contribution in [2.75, 3.05) is 5.32 Å². The molecule has 18 heavy (non-hydrogen) atoms. The standard InChI is InChI=1S/C11H7BrFN3O2/c12-6-2-1-3-7(13)10(6)16-9-5-14-4-8(15-9)11(17)18/h1-5H,(H,15,16)(H,17,18). The summed E-state index contributed by atoms with van der Waals surface area (Å²) in [6.07, 6.45) is 2.43. The van der Waals surface area contributed by atoms with Gasteiger partial charge in [-0.25, -0.2) is 14.2 Å². The van der Waals surface area contributed by atoms with Gasteiger partial charge in [-0.2, -0.15) is 0 Å². The van der Waals surface area contributed by atoms with Crippen molar-refractivity contribution >= 4 is 33.4 Å². The van der Waals surface area contributed by atoms with Gasteiger partial charge >= 0.3 is 5.97 Å². The molecule has 0 aliphatic rings. The average molecular weight is 312 g/mol. The van der Waals surface area contributed by atoms with Gasteiger partial charge in [0.25, 0.3) is 0 Å². The van der Waals surface area contributed by atoms with E-state index >= 15 is 0 Å². The molecule has 1 heterocycles. The van der Waals surface area contributed by atoms with Crippen LogP contribution in [0.2, 0.25) is 0 Å². The first kappa shape index (κ1) is 12.4. The summed E-state index contributed by atoms with van der Waals surface area (Å²) < 4.78 is 14.0. The molecule has 1 aromatic heterocycles. The fourth-order valence-electron chi connectivity index (χ4n) is 1.27. The highest BCUT2D eigenvalue weighted by Gasteiger charge is 2.10. The lowest BCUT2D eigenvalue weighted by molar-refractivity contribution is 0.0690. The molecule has 2 rings (SSSR count). The molecule has 2 aromatic rings. The molecule has 0 aliphatic heterocycles. The lowest BCUT2D eigenvalue weighted by Crippen LogP contribution is -2.04. The highest BCUT2D eigenvalue weighted by Crippen LogP contribution is 2.27. The van der Waals surface area contributed by atoms with Crippen LogP contribution in [-0.2, 0) is 0 Å². The summed E-state index contributed by atoms with van der Waals surface area (Å²) in [5, 5.41) is 11.4. The molecule has 0 aliphatic carbocycles. The summed E-state index contributed by atoms with van der Waals surface area (Å²) in [4.78, 5) is 18.2. The number of nitrogens with one attached hydrogen (secondary N) is 1. The molecule has 1 aromatic carbocycles. The summed E-state index contributed by atoms with van der Waals surface area (Å²) in [7, 11) is 0. The van der Waals surface area contributed by atoms with E-state index in [2.05, 4.69) is 31.2 Å². The summed E-state index contributed by atoms with van der Waals surface area (Å²) in [6, 6.07) is 4.48. The van der Waals surface area contributed by atoms with Gasteiger partial charge in [0.1, 0.15) is 11.6 Å². The van der Waals surface area contributed by atoms with Gasteiger partial charge in [-0.15, -0.1) is 0 Å². The predicted molar refractivity (Wildman–Crippen MR) is 66.4 cm³/mol. The highest BCUT2D eigenvalue weighted by atomic mass is 79.9. The molecule has 0 unspecified atom stereocenters. The fraction of sp³-hybridized carbons (Fsp3) is 0. The van der Waals surface area contributed by atoms with Gasteiger partial charge in [0.15, 0.2) is 5.69 Å². The number of hydrogen-bond donors (Lipinski definition) is 2. The van der Waals surface area contributed by atoms with E-state index in [0.717, 1.165) is 6.20 Å². The second kappa shape index (κ2) is 5.09. The molecule has 92 valence electrons. The van der Waals surface area contributed by atoms with Crippen molar-refractivity contribution in [1.29, 1.82) is 0 Å². The van der Waals surface area contributed by atoms with Crippen LogP contribution >= 0.6 is 15.9 Å². The number of para-hydroxylation sites is 1. The lowest BCUT2D eigenvalue weighted by Gasteiger charge is -2.08. The number of anilines is 2. The van der Waals surface area contributed by atoms with Gasteiger partial charge in [-0.1, -0.05) is 6.07 Å². The van der Waals surface area contributed by atoms with E-state index in [4.69, 9.17) is 5.11 Å². The van der Waals surface area contributed by atoms with Gasteiger partial charge in [0.05, 0.1) is 18.1 Å². The quantitative estimate of drug-likeness (QED) is 0.911. The van der Waals surface area contributed by atoms with Gasteiger partial charge in [0, 0.05) is 4.47 Å². The van der Waals surface area contributed by atoms with Gasteiger partial charge in [0.2, 0.25) is 0 Å². The monoisotopic (exact) mass is 311 g/mol. The molecule has 0 fully saturated rings. The first-order valence-corrected chi connectivity index (χ1v) is 5.63. The van der Waals surface area contributed by atoms with E-state index in [1.165, 1.54) is 12.3 Å². The van der Waals surface area contributed by atoms with E-state index in [1.807, 2.05) is 0 Å². The Morgan fingerprint density at radius 2 is 2.17 bits per heavy atom. The third-order valence-electron chi connectivity index (χ3n) is 2.07. The largest absolute Gasteiger partial charge is 0.476 e. The number of hydrogen-bond acceptors (Lipinski definition) is 4. The predicted octanol–water partition coefficient (Wildman–Crippen LogP) is 2.82. The third kappa shape index (κ3) is 2.62. The van der Waals surface area contributed by atoms with Crippen LogP contribution in [-0.4, -0.2) is 21.0 Å². The summed E-state index contributed by atoms with van der Waals surface area (Å²) in [5.74, 6) is -1.52. The minimum atomic E-state index is -1.20. The number of carboxylic acids is 1. The number of nitrogens with zero attached hydrogens (tertiary/aromatic N) is 2. The first-order valence-electron chi connectivity index (χ1n) is 4.84. The minimum Gasteiger partial charge on any atom is -0.476 e. The van der Waals surface area contributed by atoms with Crippen molar-refractivity contribution in [3.8, 4) is 0 Å². The second-order valence-electron chi connectivity index (χ2n) is 3.32. The van der Waals surface area contributed by atoms with E-state index < -0.39 is 11.8 Å². The normalized spacial score (nSPS) is 10.1. The van der Waals surface area contributed by atoms with Crippen LogP contribution in [0.4, 0.5) is 15.9 Å². The summed E-state index contributed by atoms with van der Waals surface area (Å²) in [5.41, 5.74) is -0.0400. The van der Waals surface area contributed by atoms with Gasteiger partial charge in [-0.3, -0.25) is 4.98 Å². The van der Waals surface area contributed by atoms with Crippen molar-refractivity contribution in [3.05, 3.63) is 46.6 Å². The number of aromatic carboxylic acids is 1. The topological polar surface area (TPSA) is 75.1 Å². The zero-order chi connectivity index (χ0) is 13.1. The molecular formula is C11H7BrFN3O2. The zero-order valence-corrected chi connectivity index (χ0v) is 10.5. The Labute approximate surface area is 110 Å². The molecule has 0 spiro atoms. The Morgan fingerprint density at radius 3 is 2.83 bits per heavy atom. The lowest BCUT2D eigenvalue weighted by atomic mass is 10.3. The highest BCUT2D eigenvalue weighted by molar-refractivity contribution is 9.10. The summed E-state index contributed by atoms with van der Waals surface area (Å²) in [6.45, 7) is 0. The van der Waals surface area contributed by atoms with Gasteiger partial charge in [-0.05, 0) is 28.1 Å². The Balaban J connectivity index is 2.34. The smallest absolute Gasteiger partial charge is 0.356 e. The minimum absolute atomic E-state index is 0.153. The molecule has 0 amide bonds. The van der Waals surface area contributed by atoms with E-state index in [1.54, 1.807) is 12.1 Å². The SMILES string of the molecule is O=C(O)c1cncc(Nc2c(F)cccc2Br)n1. The van der Waals surface area contributed by atoms with E-state index in [0.29, 0.717) is 4.47 Å². The zero-order valence-electron chi connectivity index (χ0n) is 8.89. The van der Waals surface area contributed by atoms with Crippen LogP contribution < -0.4 is 5.32 Å². The molecule has 0 bridgehead atoms. The van der Waals surface area contributed by atoms with Crippen LogP contribution in [0.25, 0.3) is 0 Å².